The molecule has 0 amide bonds. The highest BCUT2D eigenvalue weighted by Gasteiger charge is 2.03. The fraction of sp³-hybridized carbons (Fsp3) is 0.400. The average molecular weight is 245 g/mol. The van der Waals surface area contributed by atoms with Gasteiger partial charge >= 0.3 is 0 Å². The topological polar surface area (TPSA) is 0 Å². The van der Waals surface area contributed by atoms with Crippen LogP contribution in [0, 0.1) is 13.8 Å². The molecule has 0 aliphatic carbocycles. The van der Waals surface area contributed by atoms with E-state index in [0.717, 1.165) is 12.2 Å². The van der Waals surface area contributed by atoms with Gasteiger partial charge in [0.25, 0.3) is 0 Å². The zero-order chi connectivity index (χ0) is 9.14. The van der Waals surface area contributed by atoms with Gasteiger partial charge in [0, 0.05) is 4.47 Å². The highest BCUT2D eigenvalue weighted by Crippen LogP contribution is 2.24. The Morgan fingerprint density at radius 3 is 2.58 bits per heavy atom. The van der Waals surface area contributed by atoms with E-state index in [2.05, 4.69) is 54.5 Å². The summed E-state index contributed by atoms with van der Waals surface area (Å²) in [6, 6.07) is 4.33. The van der Waals surface area contributed by atoms with Gasteiger partial charge in [0.05, 0.1) is 0 Å². The Hall–Kier alpha value is 0.0500. The van der Waals surface area contributed by atoms with Crippen molar-refractivity contribution in [2.45, 2.75) is 20.3 Å². The maximum absolute atomic E-state index is 4.22. The Bertz CT molecular complexity index is 281. The molecular weight excluding hydrogens is 232 g/mol. The van der Waals surface area contributed by atoms with E-state index in [9.17, 15) is 0 Å². The molecule has 0 saturated heterocycles. The van der Waals surface area contributed by atoms with Crippen molar-refractivity contribution < 1.29 is 0 Å². The summed E-state index contributed by atoms with van der Waals surface area (Å²) in [5.74, 6) is 0.913. The largest absolute Gasteiger partial charge is 0.179 e. The third kappa shape index (κ3) is 2.05. The number of benzene rings is 1. The lowest BCUT2D eigenvalue weighted by molar-refractivity contribution is 1.11. The van der Waals surface area contributed by atoms with Crippen LogP contribution in [-0.2, 0) is 6.42 Å². The highest BCUT2D eigenvalue weighted by atomic mass is 79.9. The highest BCUT2D eigenvalue weighted by molar-refractivity contribution is 9.10. The predicted molar refractivity (Wildman–Crippen MR) is 61.2 cm³/mol. The van der Waals surface area contributed by atoms with Gasteiger partial charge in [-0.05, 0) is 42.7 Å². The van der Waals surface area contributed by atoms with Gasteiger partial charge in [-0.3, -0.25) is 0 Å². The lowest BCUT2D eigenvalue weighted by atomic mass is 10.0. The summed E-state index contributed by atoms with van der Waals surface area (Å²) in [4.78, 5) is 0. The monoisotopic (exact) mass is 244 g/mol. The van der Waals surface area contributed by atoms with Crippen LogP contribution in [0.5, 0.6) is 0 Å². The zero-order valence-electron chi connectivity index (χ0n) is 7.39. The first-order valence-electron chi connectivity index (χ1n) is 4.02. The summed E-state index contributed by atoms with van der Waals surface area (Å²) in [6.07, 6.45) is 1.05. The van der Waals surface area contributed by atoms with Crippen molar-refractivity contribution in [3.05, 3.63) is 33.3 Å². The van der Waals surface area contributed by atoms with Gasteiger partial charge in [-0.25, -0.2) is 0 Å². The first-order chi connectivity index (χ1) is 5.66. The minimum atomic E-state index is 0.913. The first kappa shape index (κ1) is 10.1. The summed E-state index contributed by atoms with van der Waals surface area (Å²) >= 11 is 7.80. The predicted octanol–water partition coefficient (Wildman–Crippen LogP) is 3.54. The summed E-state index contributed by atoms with van der Waals surface area (Å²) in [5, 5.41) is 0. The van der Waals surface area contributed by atoms with Crippen molar-refractivity contribution in [3.8, 4) is 0 Å². The second kappa shape index (κ2) is 4.33. The van der Waals surface area contributed by atoms with Gasteiger partial charge in [0.15, 0.2) is 0 Å². The van der Waals surface area contributed by atoms with Crippen molar-refractivity contribution in [2.75, 3.05) is 5.75 Å². The molecule has 0 N–H and O–H groups in total. The van der Waals surface area contributed by atoms with Crippen LogP contribution in [0.15, 0.2) is 16.6 Å². The molecule has 0 radical (unpaired) electrons. The molecule has 0 nitrogen and oxygen atoms in total. The Morgan fingerprint density at radius 2 is 2.00 bits per heavy atom. The Morgan fingerprint density at radius 1 is 1.33 bits per heavy atom. The summed E-state index contributed by atoms with van der Waals surface area (Å²) in [7, 11) is 0. The van der Waals surface area contributed by atoms with Gasteiger partial charge in [0.2, 0.25) is 0 Å². The van der Waals surface area contributed by atoms with Crippen LogP contribution in [0.4, 0.5) is 0 Å². The lowest BCUT2D eigenvalue weighted by Gasteiger charge is -2.08. The molecule has 1 aromatic rings. The van der Waals surface area contributed by atoms with E-state index in [1.807, 2.05) is 0 Å². The normalized spacial score (nSPS) is 10.3. The molecule has 2 heteroatoms. The fourth-order valence-corrected chi connectivity index (χ4v) is 1.88. The van der Waals surface area contributed by atoms with Crippen LogP contribution < -0.4 is 0 Å². The quantitative estimate of drug-likeness (QED) is 0.757. The molecule has 0 atom stereocenters. The Kier molecular flexibility index (Phi) is 3.66. The van der Waals surface area contributed by atoms with Gasteiger partial charge in [-0.15, -0.1) is 0 Å². The van der Waals surface area contributed by atoms with Crippen molar-refractivity contribution in [1.82, 2.24) is 0 Å². The van der Waals surface area contributed by atoms with Crippen molar-refractivity contribution in [1.29, 1.82) is 0 Å². The van der Waals surface area contributed by atoms with Gasteiger partial charge < -0.3 is 0 Å². The van der Waals surface area contributed by atoms with Crippen molar-refractivity contribution >= 4 is 28.6 Å². The molecule has 1 aromatic carbocycles. The molecule has 0 heterocycles. The molecule has 0 spiro atoms. The van der Waals surface area contributed by atoms with Gasteiger partial charge in [0.1, 0.15) is 0 Å². The fourth-order valence-electron chi connectivity index (χ4n) is 1.25. The zero-order valence-corrected chi connectivity index (χ0v) is 9.87. The third-order valence-corrected chi connectivity index (χ3v) is 3.52. The van der Waals surface area contributed by atoms with E-state index in [4.69, 9.17) is 0 Å². The Balaban J connectivity index is 3.08. The molecule has 0 aliphatic heterocycles. The second-order valence-corrected chi connectivity index (χ2v) is 4.19. The SMILES string of the molecule is Cc1ccc(CCS)c(C)c1Br. The second-order valence-electron chi connectivity index (χ2n) is 2.95. The number of rotatable bonds is 2. The summed E-state index contributed by atoms with van der Waals surface area (Å²) in [6.45, 7) is 4.26. The van der Waals surface area contributed by atoms with E-state index < -0.39 is 0 Å². The van der Waals surface area contributed by atoms with Crippen LogP contribution in [0.2, 0.25) is 0 Å². The van der Waals surface area contributed by atoms with Crippen molar-refractivity contribution in [3.63, 3.8) is 0 Å². The van der Waals surface area contributed by atoms with Gasteiger partial charge in [-0.2, -0.15) is 12.6 Å². The van der Waals surface area contributed by atoms with Crippen LogP contribution in [0.3, 0.4) is 0 Å². The third-order valence-electron chi connectivity index (χ3n) is 2.07. The van der Waals surface area contributed by atoms with E-state index in [0.29, 0.717) is 0 Å². The van der Waals surface area contributed by atoms with Gasteiger partial charge in [-0.1, -0.05) is 28.1 Å². The minimum Gasteiger partial charge on any atom is -0.179 e. The number of halogens is 1. The van der Waals surface area contributed by atoms with E-state index in [1.165, 1.54) is 21.2 Å². The standard InChI is InChI=1S/C10H13BrS/c1-7-3-4-9(5-6-12)8(2)10(7)11/h3-4,12H,5-6H2,1-2H3. The molecule has 0 fully saturated rings. The number of hydrogen-bond acceptors (Lipinski definition) is 1. The average Bonchev–Trinajstić information content (AvgIpc) is 2.07. The summed E-state index contributed by atoms with van der Waals surface area (Å²) < 4.78 is 1.24. The van der Waals surface area contributed by atoms with E-state index in [-0.39, 0.29) is 0 Å². The molecule has 0 aliphatic rings. The first-order valence-corrected chi connectivity index (χ1v) is 5.44. The maximum atomic E-state index is 4.22. The molecule has 66 valence electrons. The van der Waals surface area contributed by atoms with Crippen LogP contribution in [0.1, 0.15) is 16.7 Å². The van der Waals surface area contributed by atoms with E-state index in [1.54, 1.807) is 0 Å². The van der Waals surface area contributed by atoms with Crippen LogP contribution in [-0.4, -0.2) is 5.75 Å². The molecule has 0 bridgehead atoms. The van der Waals surface area contributed by atoms with E-state index >= 15 is 0 Å². The van der Waals surface area contributed by atoms with Crippen LogP contribution >= 0.6 is 28.6 Å². The number of hydrogen-bond donors (Lipinski definition) is 1. The molecule has 1 rings (SSSR count). The molecule has 0 unspecified atom stereocenters. The number of thiol groups is 1. The Labute approximate surface area is 87.9 Å². The van der Waals surface area contributed by atoms with Crippen LogP contribution in [0.25, 0.3) is 0 Å². The summed E-state index contributed by atoms with van der Waals surface area (Å²) in [5.41, 5.74) is 4.04. The molecule has 0 saturated carbocycles. The number of aryl methyl sites for hydroxylation is 2. The molecule has 12 heavy (non-hydrogen) atoms. The molecular formula is C10H13BrS. The maximum Gasteiger partial charge on any atom is 0.0236 e. The minimum absolute atomic E-state index is 0.913. The lowest BCUT2D eigenvalue weighted by Crippen LogP contribution is -1.93. The smallest absolute Gasteiger partial charge is 0.0236 e. The molecule has 0 aromatic heterocycles. The van der Waals surface area contributed by atoms with Crippen molar-refractivity contribution in [2.24, 2.45) is 0 Å².